The van der Waals surface area contributed by atoms with Crippen LogP contribution in [0.5, 0.6) is 0 Å². The molecular weight excluding hydrogens is 260 g/mol. The van der Waals surface area contributed by atoms with E-state index in [-0.39, 0.29) is 18.0 Å². The van der Waals surface area contributed by atoms with Crippen LogP contribution in [0.2, 0.25) is 0 Å². The lowest BCUT2D eigenvalue weighted by Crippen LogP contribution is -2.43. The molecule has 0 aromatic heterocycles. The summed E-state index contributed by atoms with van der Waals surface area (Å²) < 4.78 is 11.0. The molecule has 0 saturated heterocycles. The number of benzene rings is 1. The normalized spacial score (nSPS) is 20.2. The van der Waals surface area contributed by atoms with Crippen molar-refractivity contribution in [2.75, 3.05) is 17.3 Å². The molecule has 5 heteroatoms. The minimum atomic E-state index is -0.802. The minimum absolute atomic E-state index is 0.0191. The van der Waals surface area contributed by atoms with Gasteiger partial charge in [0.15, 0.2) is 0 Å². The van der Waals surface area contributed by atoms with Gasteiger partial charge in [-0.3, -0.25) is 9.00 Å². The van der Waals surface area contributed by atoms with Crippen LogP contribution in [0.25, 0.3) is 0 Å². The van der Waals surface area contributed by atoms with E-state index in [1.165, 1.54) is 5.56 Å². The minimum Gasteiger partial charge on any atom is -0.373 e. The van der Waals surface area contributed by atoms with Gasteiger partial charge in [-0.25, -0.2) is 0 Å². The quantitative estimate of drug-likeness (QED) is 0.854. The fraction of sp³-hybridized carbons (Fsp3) is 0.500. The van der Waals surface area contributed by atoms with E-state index in [1.54, 1.807) is 6.26 Å². The molecule has 0 bridgehead atoms. The van der Waals surface area contributed by atoms with E-state index >= 15 is 0 Å². The second-order valence-corrected chi connectivity index (χ2v) is 6.59. The standard InChI is InChI=1S/C14H20N2O2S/c1-10(7-8-19(2)18)15-14(17)13-9-11-5-3-4-6-12(11)16-13/h3-6,10,13,16H,7-9H2,1-2H3,(H,15,17)/t10?,13-,19?/m0/s1. The maximum absolute atomic E-state index is 12.1. The van der Waals surface area contributed by atoms with E-state index in [2.05, 4.69) is 10.6 Å². The first-order chi connectivity index (χ1) is 9.06. The number of hydrogen-bond donors (Lipinski definition) is 2. The molecule has 0 saturated carbocycles. The van der Waals surface area contributed by atoms with Gasteiger partial charge in [0.2, 0.25) is 5.91 Å². The van der Waals surface area contributed by atoms with Crippen LogP contribution in [0.4, 0.5) is 5.69 Å². The number of hydrogen-bond acceptors (Lipinski definition) is 3. The SMILES string of the molecule is CC(CCS(C)=O)NC(=O)[C@@H]1Cc2ccccc2N1. The molecule has 104 valence electrons. The lowest BCUT2D eigenvalue weighted by Gasteiger charge is -2.17. The first kappa shape index (κ1) is 14.1. The molecule has 4 nitrogen and oxygen atoms in total. The highest BCUT2D eigenvalue weighted by molar-refractivity contribution is 7.84. The number of para-hydroxylation sites is 1. The molecule has 1 aliphatic heterocycles. The van der Waals surface area contributed by atoms with Crippen molar-refractivity contribution in [3.05, 3.63) is 29.8 Å². The average Bonchev–Trinajstić information content (AvgIpc) is 2.80. The van der Waals surface area contributed by atoms with Crippen LogP contribution in [0.3, 0.4) is 0 Å². The van der Waals surface area contributed by atoms with Crippen molar-refractivity contribution in [1.82, 2.24) is 5.32 Å². The number of amides is 1. The summed E-state index contributed by atoms with van der Waals surface area (Å²) >= 11 is 0. The van der Waals surface area contributed by atoms with E-state index in [0.717, 1.165) is 18.5 Å². The molecule has 0 fully saturated rings. The lowest BCUT2D eigenvalue weighted by atomic mass is 10.1. The molecule has 1 amide bonds. The van der Waals surface area contributed by atoms with E-state index in [9.17, 15) is 9.00 Å². The molecule has 0 radical (unpaired) electrons. The van der Waals surface area contributed by atoms with E-state index in [0.29, 0.717) is 5.75 Å². The molecule has 1 aromatic carbocycles. The third-order valence-electron chi connectivity index (χ3n) is 3.31. The molecular formula is C14H20N2O2S. The number of fused-ring (bicyclic) bond motifs is 1. The Hall–Kier alpha value is -1.36. The fourth-order valence-corrected chi connectivity index (χ4v) is 2.90. The maximum atomic E-state index is 12.1. The first-order valence-corrected chi connectivity index (χ1v) is 8.24. The van der Waals surface area contributed by atoms with E-state index < -0.39 is 10.8 Å². The highest BCUT2D eigenvalue weighted by atomic mass is 32.2. The van der Waals surface area contributed by atoms with Gasteiger partial charge in [0, 0.05) is 41.0 Å². The fourth-order valence-electron chi connectivity index (χ4n) is 2.21. The van der Waals surface area contributed by atoms with Gasteiger partial charge in [0.25, 0.3) is 0 Å². The average molecular weight is 280 g/mol. The first-order valence-electron chi connectivity index (χ1n) is 6.51. The predicted octanol–water partition coefficient (Wildman–Crippen LogP) is 1.30. The van der Waals surface area contributed by atoms with Crippen LogP contribution in [0, 0.1) is 0 Å². The molecule has 1 aromatic rings. The number of rotatable bonds is 5. The van der Waals surface area contributed by atoms with Crippen LogP contribution < -0.4 is 10.6 Å². The Balaban J connectivity index is 1.84. The van der Waals surface area contributed by atoms with Gasteiger partial charge in [-0.2, -0.15) is 0 Å². The second kappa shape index (κ2) is 6.19. The van der Waals surface area contributed by atoms with E-state index in [1.807, 2.05) is 31.2 Å². The van der Waals surface area contributed by atoms with Crippen LogP contribution >= 0.6 is 0 Å². The van der Waals surface area contributed by atoms with Gasteiger partial charge in [-0.15, -0.1) is 0 Å². The van der Waals surface area contributed by atoms with Gasteiger partial charge in [-0.05, 0) is 25.0 Å². The maximum Gasteiger partial charge on any atom is 0.243 e. The summed E-state index contributed by atoms with van der Waals surface area (Å²) in [7, 11) is -0.802. The van der Waals surface area contributed by atoms with Crippen molar-refractivity contribution in [3.63, 3.8) is 0 Å². The molecule has 1 aliphatic rings. The van der Waals surface area contributed by atoms with Crippen LogP contribution in [0.15, 0.2) is 24.3 Å². The Morgan fingerprint density at radius 3 is 2.95 bits per heavy atom. The number of anilines is 1. The topological polar surface area (TPSA) is 58.2 Å². The summed E-state index contributed by atoms with van der Waals surface area (Å²) in [6, 6.07) is 7.85. The molecule has 19 heavy (non-hydrogen) atoms. The highest BCUT2D eigenvalue weighted by Gasteiger charge is 2.26. The van der Waals surface area contributed by atoms with Crippen molar-refractivity contribution in [3.8, 4) is 0 Å². The Morgan fingerprint density at radius 2 is 2.26 bits per heavy atom. The van der Waals surface area contributed by atoms with Gasteiger partial charge in [-0.1, -0.05) is 18.2 Å². The van der Waals surface area contributed by atoms with Gasteiger partial charge < -0.3 is 10.6 Å². The van der Waals surface area contributed by atoms with Crippen molar-refractivity contribution in [1.29, 1.82) is 0 Å². The Bertz CT molecular complexity index is 465. The molecule has 3 atom stereocenters. The summed E-state index contributed by atoms with van der Waals surface area (Å²) in [5.41, 5.74) is 2.23. The summed E-state index contributed by atoms with van der Waals surface area (Å²) in [5, 5.41) is 6.21. The van der Waals surface area contributed by atoms with E-state index in [4.69, 9.17) is 0 Å². The Labute approximate surface area is 116 Å². The molecule has 2 N–H and O–H groups in total. The van der Waals surface area contributed by atoms with Crippen LogP contribution in [-0.4, -0.2) is 34.2 Å². The van der Waals surface area contributed by atoms with Gasteiger partial charge in [0.1, 0.15) is 6.04 Å². The van der Waals surface area contributed by atoms with Crippen molar-refractivity contribution in [2.24, 2.45) is 0 Å². The third-order valence-corrected chi connectivity index (χ3v) is 4.13. The number of nitrogens with one attached hydrogen (secondary N) is 2. The Kier molecular flexibility index (Phi) is 4.58. The largest absolute Gasteiger partial charge is 0.373 e. The summed E-state index contributed by atoms with van der Waals surface area (Å²) in [6.45, 7) is 1.95. The smallest absolute Gasteiger partial charge is 0.243 e. The summed E-state index contributed by atoms with van der Waals surface area (Å²) in [6.07, 6.45) is 3.16. The number of carbonyl (C=O) groups excluding carboxylic acids is 1. The second-order valence-electron chi connectivity index (χ2n) is 5.03. The van der Waals surface area contributed by atoms with Crippen molar-refractivity contribution < 1.29 is 9.00 Å². The third kappa shape index (κ3) is 3.80. The number of carbonyl (C=O) groups is 1. The van der Waals surface area contributed by atoms with Crippen LogP contribution in [0.1, 0.15) is 18.9 Å². The predicted molar refractivity (Wildman–Crippen MR) is 78.7 cm³/mol. The molecule has 2 rings (SSSR count). The van der Waals surface area contributed by atoms with Crippen LogP contribution in [-0.2, 0) is 22.0 Å². The Morgan fingerprint density at radius 1 is 1.53 bits per heavy atom. The molecule has 2 unspecified atom stereocenters. The molecule has 1 heterocycles. The monoisotopic (exact) mass is 280 g/mol. The summed E-state index contributed by atoms with van der Waals surface area (Å²) in [4.78, 5) is 12.1. The van der Waals surface area contributed by atoms with Crippen molar-refractivity contribution >= 4 is 22.4 Å². The zero-order chi connectivity index (χ0) is 13.8. The van der Waals surface area contributed by atoms with Crippen molar-refractivity contribution in [2.45, 2.75) is 31.8 Å². The zero-order valence-electron chi connectivity index (χ0n) is 11.3. The summed E-state index contributed by atoms with van der Waals surface area (Å²) in [5.74, 6) is 0.644. The van der Waals surface area contributed by atoms with Gasteiger partial charge >= 0.3 is 0 Å². The molecule has 0 spiro atoms. The zero-order valence-corrected chi connectivity index (χ0v) is 12.1. The molecule has 0 aliphatic carbocycles. The highest BCUT2D eigenvalue weighted by Crippen LogP contribution is 2.25. The lowest BCUT2D eigenvalue weighted by molar-refractivity contribution is -0.122. The van der Waals surface area contributed by atoms with Gasteiger partial charge in [0.05, 0.1) is 0 Å².